The molecule has 0 saturated heterocycles. The van der Waals surface area contributed by atoms with Gasteiger partial charge in [-0.2, -0.15) is 0 Å². The maximum atomic E-state index is 13.4. The van der Waals surface area contributed by atoms with Gasteiger partial charge >= 0.3 is 0 Å². The summed E-state index contributed by atoms with van der Waals surface area (Å²) in [6.07, 6.45) is 1.78. The lowest BCUT2D eigenvalue weighted by Crippen LogP contribution is -2.24. The van der Waals surface area contributed by atoms with Gasteiger partial charge in [-0.25, -0.2) is 4.39 Å². The number of nitrogens with zero attached hydrogens (tertiary/aromatic N) is 1. The van der Waals surface area contributed by atoms with Gasteiger partial charge < -0.3 is 15.7 Å². The van der Waals surface area contributed by atoms with Crippen LogP contribution in [-0.4, -0.2) is 16.0 Å². The maximum absolute atomic E-state index is 13.4. The number of hydrogen-bond donors (Lipinski definition) is 3. The van der Waals surface area contributed by atoms with Gasteiger partial charge in [0, 0.05) is 38.2 Å². The number of hydrogen-bond acceptors (Lipinski definition) is 4. The molecule has 0 radical (unpaired) electrons. The van der Waals surface area contributed by atoms with E-state index in [1.165, 1.54) is 19.1 Å². The zero-order chi connectivity index (χ0) is 23.1. The molecule has 0 atom stereocenters. The van der Waals surface area contributed by atoms with Crippen molar-refractivity contribution in [2.75, 3.05) is 0 Å². The molecule has 1 amide bonds. The minimum absolute atomic E-state index is 0.0721. The van der Waals surface area contributed by atoms with Crippen LogP contribution in [0.25, 0.3) is 0 Å². The van der Waals surface area contributed by atoms with Crippen LogP contribution in [0.15, 0.2) is 60.8 Å². The van der Waals surface area contributed by atoms with Crippen molar-refractivity contribution >= 4 is 5.91 Å². The van der Waals surface area contributed by atoms with Gasteiger partial charge in [0.1, 0.15) is 5.82 Å². The molecule has 0 fully saturated rings. The summed E-state index contributed by atoms with van der Waals surface area (Å²) in [5, 5.41) is 16.0. The zero-order valence-corrected chi connectivity index (χ0v) is 18.8. The second kappa shape index (κ2) is 10.5. The maximum Gasteiger partial charge on any atom is 0.217 e. The predicted molar refractivity (Wildman–Crippen MR) is 123 cm³/mol. The molecule has 5 nitrogen and oxygen atoms in total. The fraction of sp³-hybridized carbons (Fsp3) is 0.308. The van der Waals surface area contributed by atoms with E-state index in [1.54, 1.807) is 6.20 Å². The number of pyridine rings is 1. The highest BCUT2D eigenvalue weighted by Crippen LogP contribution is 2.33. The Morgan fingerprint density at radius 1 is 1.03 bits per heavy atom. The molecule has 3 aromatic rings. The first-order chi connectivity index (χ1) is 15.3. The molecule has 0 aliphatic rings. The molecule has 32 heavy (non-hydrogen) atoms. The van der Waals surface area contributed by atoms with E-state index in [0.29, 0.717) is 19.6 Å². The number of amides is 1. The highest BCUT2D eigenvalue weighted by Gasteiger charge is 2.26. The number of rotatable bonds is 9. The van der Waals surface area contributed by atoms with E-state index >= 15 is 0 Å². The molecule has 0 unspecified atom stereocenters. The van der Waals surface area contributed by atoms with Gasteiger partial charge in [-0.1, -0.05) is 50.2 Å². The van der Waals surface area contributed by atoms with Gasteiger partial charge in [-0.3, -0.25) is 9.78 Å². The zero-order valence-electron chi connectivity index (χ0n) is 18.8. The molecule has 1 aromatic heterocycles. The number of aromatic nitrogens is 1. The van der Waals surface area contributed by atoms with Crippen LogP contribution < -0.4 is 10.6 Å². The third kappa shape index (κ3) is 5.78. The van der Waals surface area contributed by atoms with Crippen molar-refractivity contribution in [1.82, 2.24) is 15.6 Å². The Labute approximate surface area is 188 Å². The molecule has 168 valence electrons. The monoisotopic (exact) mass is 435 g/mol. The Morgan fingerprint density at radius 3 is 2.47 bits per heavy atom. The summed E-state index contributed by atoms with van der Waals surface area (Å²) in [5.41, 5.74) is 5.46. The average Bonchev–Trinajstić information content (AvgIpc) is 2.78. The van der Waals surface area contributed by atoms with Crippen LogP contribution in [-0.2, 0) is 36.5 Å². The van der Waals surface area contributed by atoms with Crippen molar-refractivity contribution in [3.8, 4) is 0 Å². The minimum Gasteiger partial charge on any atom is -0.392 e. The van der Waals surface area contributed by atoms with Crippen LogP contribution >= 0.6 is 0 Å². The molecular formula is C26H30FN3O2. The van der Waals surface area contributed by atoms with Gasteiger partial charge in [0.25, 0.3) is 0 Å². The summed E-state index contributed by atoms with van der Waals surface area (Å²) in [7, 11) is 0. The van der Waals surface area contributed by atoms with E-state index in [4.69, 9.17) is 0 Å². The molecule has 1 heterocycles. The van der Waals surface area contributed by atoms with E-state index in [9.17, 15) is 14.3 Å². The Bertz CT molecular complexity index is 1060. The summed E-state index contributed by atoms with van der Waals surface area (Å²) in [5.74, 6) is -0.337. The van der Waals surface area contributed by atoms with Crippen LogP contribution in [0, 0.1) is 5.82 Å². The van der Waals surface area contributed by atoms with E-state index in [1.807, 2.05) is 36.4 Å². The van der Waals surface area contributed by atoms with Gasteiger partial charge in [0.2, 0.25) is 5.91 Å². The fourth-order valence-electron chi connectivity index (χ4n) is 3.82. The standard InChI is InChI=1S/C26H30FN3O2/c1-18(32)30-14-19-6-7-20(21(13-19)17-31)15-28-16-25-24(5-4-12-29-25)26(2,3)22-8-10-23(27)11-9-22/h4-13,28,31H,14-17H2,1-3H3,(H,30,32). The van der Waals surface area contributed by atoms with Crippen LogP contribution in [0.5, 0.6) is 0 Å². The predicted octanol–water partition coefficient (Wildman–Crippen LogP) is 3.96. The lowest BCUT2D eigenvalue weighted by Gasteiger charge is -2.28. The first kappa shape index (κ1) is 23.6. The third-order valence-corrected chi connectivity index (χ3v) is 5.72. The van der Waals surface area contributed by atoms with Gasteiger partial charge in [-0.05, 0) is 46.0 Å². The highest BCUT2D eigenvalue weighted by molar-refractivity contribution is 5.72. The summed E-state index contributed by atoms with van der Waals surface area (Å²) in [6.45, 7) is 7.19. The number of aliphatic hydroxyl groups excluding tert-OH is 1. The Hall–Kier alpha value is -3.09. The molecule has 3 rings (SSSR count). The number of nitrogens with one attached hydrogen (secondary N) is 2. The summed E-state index contributed by atoms with van der Waals surface area (Å²) < 4.78 is 13.4. The lowest BCUT2D eigenvalue weighted by atomic mass is 9.77. The second-order valence-electron chi connectivity index (χ2n) is 8.40. The fourth-order valence-corrected chi connectivity index (χ4v) is 3.82. The minimum atomic E-state index is -0.333. The first-order valence-corrected chi connectivity index (χ1v) is 10.7. The van der Waals surface area contributed by atoms with Crippen molar-refractivity contribution < 1.29 is 14.3 Å². The molecule has 6 heteroatoms. The molecule has 0 aliphatic heterocycles. The molecule has 3 N–H and O–H groups in total. The van der Waals surface area contributed by atoms with Crippen LogP contribution in [0.4, 0.5) is 4.39 Å². The summed E-state index contributed by atoms with van der Waals surface area (Å²) in [6, 6.07) is 16.4. The molecule has 0 aliphatic carbocycles. The van der Waals surface area contributed by atoms with Gasteiger partial charge in [0.05, 0.1) is 12.3 Å². The summed E-state index contributed by atoms with van der Waals surface area (Å²) in [4.78, 5) is 15.7. The van der Waals surface area contributed by atoms with E-state index in [-0.39, 0.29) is 23.7 Å². The molecule has 0 spiro atoms. The molecule has 0 bridgehead atoms. The van der Waals surface area contributed by atoms with Crippen LogP contribution in [0.2, 0.25) is 0 Å². The van der Waals surface area contributed by atoms with Crippen molar-refractivity contribution in [1.29, 1.82) is 0 Å². The van der Waals surface area contributed by atoms with E-state index in [2.05, 4.69) is 35.5 Å². The van der Waals surface area contributed by atoms with E-state index < -0.39 is 0 Å². The third-order valence-electron chi connectivity index (χ3n) is 5.72. The number of benzene rings is 2. The van der Waals surface area contributed by atoms with E-state index in [0.717, 1.165) is 33.5 Å². The topological polar surface area (TPSA) is 74.2 Å². The first-order valence-electron chi connectivity index (χ1n) is 10.7. The number of halogens is 1. The largest absolute Gasteiger partial charge is 0.392 e. The van der Waals surface area contributed by atoms with Crippen molar-refractivity contribution in [2.45, 2.75) is 52.4 Å². The quantitative estimate of drug-likeness (QED) is 0.476. The Morgan fingerprint density at radius 2 is 1.78 bits per heavy atom. The molecular weight excluding hydrogens is 405 g/mol. The molecule has 0 saturated carbocycles. The van der Waals surface area contributed by atoms with Crippen LogP contribution in [0.3, 0.4) is 0 Å². The Kier molecular flexibility index (Phi) is 7.72. The van der Waals surface area contributed by atoms with Crippen LogP contribution in [0.1, 0.15) is 54.3 Å². The van der Waals surface area contributed by atoms with Crippen molar-refractivity contribution in [3.63, 3.8) is 0 Å². The normalized spacial score (nSPS) is 11.4. The number of carbonyl (C=O) groups is 1. The average molecular weight is 436 g/mol. The highest BCUT2D eigenvalue weighted by atomic mass is 19.1. The smallest absolute Gasteiger partial charge is 0.217 e. The van der Waals surface area contributed by atoms with Crippen molar-refractivity contribution in [3.05, 3.63) is 100 Å². The van der Waals surface area contributed by atoms with Gasteiger partial charge in [-0.15, -0.1) is 0 Å². The summed E-state index contributed by atoms with van der Waals surface area (Å²) >= 11 is 0. The number of aliphatic hydroxyl groups is 1. The number of carbonyl (C=O) groups excluding carboxylic acids is 1. The lowest BCUT2D eigenvalue weighted by molar-refractivity contribution is -0.119. The van der Waals surface area contributed by atoms with Crippen molar-refractivity contribution in [2.24, 2.45) is 0 Å². The second-order valence-corrected chi connectivity index (χ2v) is 8.40. The Balaban J connectivity index is 1.72. The SMILES string of the molecule is CC(=O)NCc1ccc(CNCc2ncccc2C(C)(C)c2ccc(F)cc2)c(CO)c1. The molecule has 2 aromatic carbocycles. The van der Waals surface area contributed by atoms with Gasteiger partial charge in [0.15, 0.2) is 0 Å².